The van der Waals surface area contributed by atoms with E-state index in [1.165, 1.54) is 52.2 Å². The Kier molecular flexibility index (Phi) is 4.68. The number of nitrogens with zero attached hydrogens (tertiary/aromatic N) is 2. The maximum atomic E-state index is 3.57. The van der Waals surface area contributed by atoms with Crippen LogP contribution in [0.4, 0.5) is 0 Å². The SMILES string of the molecule is CC(C)N1CCN(CC2(C(C)C)CCNC2)CC1. The molecule has 3 heteroatoms. The van der Waals surface area contributed by atoms with Crippen molar-refractivity contribution < 1.29 is 0 Å². The minimum absolute atomic E-state index is 0.528. The smallest absolute Gasteiger partial charge is 0.0113 e. The second-order valence-corrected chi connectivity index (χ2v) is 6.85. The average Bonchev–Trinajstić information content (AvgIpc) is 2.79. The lowest BCUT2D eigenvalue weighted by atomic mass is 9.76. The molecule has 0 spiro atoms. The fourth-order valence-corrected chi connectivity index (χ4v) is 3.46. The first-order valence-electron chi connectivity index (χ1n) is 7.71. The summed E-state index contributed by atoms with van der Waals surface area (Å²) in [5, 5.41) is 3.57. The summed E-state index contributed by atoms with van der Waals surface area (Å²) < 4.78 is 0. The van der Waals surface area contributed by atoms with Crippen molar-refractivity contribution in [3.63, 3.8) is 0 Å². The highest BCUT2D eigenvalue weighted by atomic mass is 15.3. The predicted octanol–water partition coefficient (Wildman–Crippen LogP) is 1.65. The van der Waals surface area contributed by atoms with Gasteiger partial charge in [-0.15, -0.1) is 0 Å². The van der Waals surface area contributed by atoms with E-state index in [-0.39, 0.29) is 0 Å². The van der Waals surface area contributed by atoms with Crippen molar-refractivity contribution in [2.24, 2.45) is 11.3 Å². The zero-order chi connectivity index (χ0) is 13.2. The van der Waals surface area contributed by atoms with Crippen LogP contribution in [0.3, 0.4) is 0 Å². The molecule has 106 valence electrons. The molecule has 2 aliphatic heterocycles. The van der Waals surface area contributed by atoms with Crippen LogP contribution in [-0.4, -0.2) is 61.7 Å². The molecule has 2 saturated heterocycles. The molecule has 1 N–H and O–H groups in total. The number of piperazine rings is 1. The van der Waals surface area contributed by atoms with Gasteiger partial charge in [0.15, 0.2) is 0 Å². The normalized spacial score (nSPS) is 31.7. The molecule has 0 amide bonds. The van der Waals surface area contributed by atoms with Crippen LogP contribution in [0.1, 0.15) is 34.1 Å². The molecule has 0 aromatic carbocycles. The van der Waals surface area contributed by atoms with Crippen molar-refractivity contribution in [3.8, 4) is 0 Å². The van der Waals surface area contributed by atoms with Crippen molar-refractivity contribution in [2.75, 3.05) is 45.8 Å². The Hall–Kier alpha value is -0.120. The maximum Gasteiger partial charge on any atom is 0.0113 e. The van der Waals surface area contributed by atoms with Gasteiger partial charge < -0.3 is 10.2 Å². The molecule has 3 nitrogen and oxygen atoms in total. The Morgan fingerprint density at radius 1 is 1.06 bits per heavy atom. The molecule has 0 aromatic rings. The van der Waals surface area contributed by atoms with E-state index in [0.29, 0.717) is 11.5 Å². The zero-order valence-electron chi connectivity index (χ0n) is 12.7. The lowest BCUT2D eigenvalue weighted by molar-refractivity contribution is 0.0583. The van der Waals surface area contributed by atoms with Gasteiger partial charge in [-0.25, -0.2) is 0 Å². The van der Waals surface area contributed by atoms with Crippen molar-refractivity contribution >= 4 is 0 Å². The first-order valence-corrected chi connectivity index (χ1v) is 7.71. The van der Waals surface area contributed by atoms with Crippen molar-refractivity contribution in [1.82, 2.24) is 15.1 Å². The summed E-state index contributed by atoms with van der Waals surface area (Å²) in [6, 6.07) is 0.708. The van der Waals surface area contributed by atoms with E-state index in [2.05, 4.69) is 42.8 Å². The Morgan fingerprint density at radius 2 is 1.72 bits per heavy atom. The first-order chi connectivity index (χ1) is 8.53. The van der Waals surface area contributed by atoms with Crippen LogP contribution >= 0.6 is 0 Å². The number of hydrogen-bond donors (Lipinski definition) is 1. The first kappa shape index (κ1) is 14.3. The third kappa shape index (κ3) is 3.06. The summed E-state index contributed by atoms with van der Waals surface area (Å²) in [6.07, 6.45) is 1.36. The molecule has 0 bridgehead atoms. The number of nitrogens with one attached hydrogen (secondary N) is 1. The third-order valence-corrected chi connectivity index (χ3v) is 5.18. The van der Waals surface area contributed by atoms with Gasteiger partial charge in [0.2, 0.25) is 0 Å². The Balaban J connectivity index is 1.86. The van der Waals surface area contributed by atoms with Gasteiger partial charge in [-0.3, -0.25) is 4.90 Å². The fourth-order valence-electron chi connectivity index (χ4n) is 3.46. The molecular weight excluding hydrogens is 222 g/mol. The van der Waals surface area contributed by atoms with Gasteiger partial charge in [-0.2, -0.15) is 0 Å². The Labute approximate surface area is 113 Å². The van der Waals surface area contributed by atoms with Gasteiger partial charge in [0, 0.05) is 45.3 Å². The molecule has 2 fully saturated rings. The van der Waals surface area contributed by atoms with Crippen LogP contribution in [-0.2, 0) is 0 Å². The average molecular weight is 253 g/mol. The van der Waals surface area contributed by atoms with E-state index < -0.39 is 0 Å². The van der Waals surface area contributed by atoms with Gasteiger partial charge in [0.1, 0.15) is 0 Å². The van der Waals surface area contributed by atoms with Crippen molar-refractivity contribution in [2.45, 2.75) is 40.2 Å². The van der Waals surface area contributed by atoms with E-state index >= 15 is 0 Å². The monoisotopic (exact) mass is 253 g/mol. The molecule has 1 unspecified atom stereocenters. The van der Waals surface area contributed by atoms with E-state index in [1.54, 1.807) is 0 Å². The third-order valence-electron chi connectivity index (χ3n) is 5.18. The maximum absolute atomic E-state index is 3.57. The van der Waals surface area contributed by atoms with E-state index in [1.807, 2.05) is 0 Å². The lowest BCUT2D eigenvalue weighted by Crippen LogP contribution is -2.52. The van der Waals surface area contributed by atoms with Crippen LogP contribution in [0.15, 0.2) is 0 Å². The predicted molar refractivity (Wildman–Crippen MR) is 77.9 cm³/mol. The number of rotatable bonds is 4. The van der Waals surface area contributed by atoms with Gasteiger partial charge in [-0.1, -0.05) is 13.8 Å². The standard InChI is InChI=1S/C15H31N3/c1-13(2)15(5-6-16-11-15)12-17-7-9-18(10-8-17)14(3)4/h13-14,16H,5-12H2,1-4H3. The fraction of sp³-hybridized carbons (Fsp3) is 1.00. The van der Waals surface area contributed by atoms with Crippen LogP contribution in [0.5, 0.6) is 0 Å². The highest BCUT2D eigenvalue weighted by molar-refractivity contribution is 4.93. The topological polar surface area (TPSA) is 18.5 Å². The Morgan fingerprint density at radius 3 is 2.17 bits per heavy atom. The van der Waals surface area contributed by atoms with Gasteiger partial charge in [0.05, 0.1) is 0 Å². The van der Waals surface area contributed by atoms with E-state index in [4.69, 9.17) is 0 Å². The highest BCUT2D eigenvalue weighted by Crippen LogP contribution is 2.35. The van der Waals surface area contributed by atoms with Crippen molar-refractivity contribution in [1.29, 1.82) is 0 Å². The molecule has 2 rings (SSSR count). The lowest BCUT2D eigenvalue weighted by Gasteiger charge is -2.42. The molecule has 2 aliphatic rings. The highest BCUT2D eigenvalue weighted by Gasteiger charge is 2.38. The second kappa shape index (κ2) is 5.89. The summed E-state index contributed by atoms with van der Waals surface area (Å²) in [5.41, 5.74) is 0.528. The largest absolute Gasteiger partial charge is 0.316 e. The molecule has 0 radical (unpaired) electrons. The molecule has 2 heterocycles. The molecule has 0 aromatic heterocycles. The van der Waals surface area contributed by atoms with Crippen LogP contribution < -0.4 is 5.32 Å². The zero-order valence-corrected chi connectivity index (χ0v) is 12.7. The Bertz CT molecular complexity index is 248. The van der Waals surface area contributed by atoms with Gasteiger partial charge >= 0.3 is 0 Å². The minimum Gasteiger partial charge on any atom is -0.316 e. The summed E-state index contributed by atoms with van der Waals surface area (Å²) in [7, 11) is 0. The van der Waals surface area contributed by atoms with Gasteiger partial charge in [-0.05, 0) is 38.1 Å². The van der Waals surface area contributed by atoms with Gasteiger partial charge in [0.25, 0.3) is 0 Å². The summed E-state index contributed by atoms with van der Waals surface area (Å²) in [4.78, 5) is 5.30. The van der Waals surface area contributed by atoms with E-state index in [0.717, 1.165) is 5.92 Å². The summed E-state index contributed by atoms with van der Waals surface area (Å²) in [5.74, 6) is 0.788. The quantitative estimate of drug-likeness (QED) is 0.822. The van der Waals surface area contributed by atoms with E-state index in [9.17, 15) is 0 Å². The molecule has 0 saturated carbocycles. The van der Waals surface area contributed by atoms with Crippen molar-refractivity contribution in [3.05, 3.63) is 0 Å². The van der Waals surface area contributed by atoms with Crippen LogP contribution in [0.25, 0.3) is 0 Å². The molecule has 1 atom stereocenters. The summed E-state index contributed by atoms with van der Waals surface area (Å²) in [6.45, 7) is 18.2. The number of hydrogen-bond acceptors (Lipinski definition) is 3. The molecule has 0 aliphatic carbocycles. The summed E-state index contributed by atoms with van der Waals surface area (Å²) >= 11 is 0. The second-order valence-electron chi connectivity index (χ2n) is 6.85. The van der Waals surface area contributed by atoms with Crippen LogP contribution in [0, 0.1) is 11.3 Å². The van der Waals surface area contributed by atoms with Crippen LogP contribution in [0.2, 0.25) is 0 Å². The molecular formula is C15H31N3. The molecule has 18 heavy (non-hydrogen) atoms. The minimum atomic E-state index is 0.528.